The third-order valence-electron chi connectivity index (χ3n) is 3.69. The highest BCUT2D eigenvalue weighted by atomic mass is 16.4. The Morgan fingerprint density at radius 2 is 2.08 bits per heavy atom. The van der Waals surface area contributed by atoms with Crippen LogP contribution in [-0.4, -0.2) is 35.1 Å². The van der Waals surface area contributed by atoms with Gasteiger partial charge in [-0.05, 0) is 32.2 Å². The van der Waals surface area contributed by atoms with Crippen LogP contribution in [0.5, 0.6) is 0 Å². The summed E-state index contributed by atoms with van der Waals surface area (Å²) in [5.74, 6) is 0.0109. The third kappa shape index (κ3) is 1.46. The molecule has 0 radical (unpaired) electrons. The molecule has 0 aromatic carbocycles. The number of rotatable bonds is 1. The molecule has 0 aromatic rings. The van der Waals surface area contributed by atoms with E-state index in [1.807, 2.05) is 7.05 Å². The van der Waals surface area contributed by atoms with Gasteiger partial charge in [0, 0.05) is 6.04 Å². The molecule has 0 unspecified atom stereocenters. The van der Waals surface area contributed by atoms with Crippen LogP contribution < -0.4 is 0 Å². The Hall–Kier alpha value is -0.570. The maximum absolute atomic E-state index is 10.9. The molecule has 1 aliphatic heterocycles. The molecule has 2 fully saturated rings. The first-order chi connectivity index (χ1) is 6.20. The molecule has 3 atom stereocenters. The predicted octanol–water partition coefficient (Wildman–Crippen LogP) is 1.33. The normalized spacial score (nSPS) is 40.2. The summed E-state index contributed by atoms with van der Waals surface area (Å²) >= 11 is 0. The molecular weight excluding hydrogens is 166 g/mol. The van der Waals surface area contributed by atoms with Gasteiger partial charge in [-0.1, -0.05) is 12.8 Å². The fourth-order valence-corrected chi connectivity index (χ4v) is 2.96. The molecule has 13 heavy (non-hydrogen) atoms. The molecule has 1 N–H and O–H groups in total. The average molecular weight is 183 g/mol. The highest BCUT2D eigenvalue weighted by molar-refractivity contribution is 5.74. The van der Waals surface area contributed by atoms with Gasteiger partial charge in [0.2, 0.25) is 0 Å². The van der Waals surface area contributed by atoms with E-state index in [-0.39, 0.29) is 6.04 Å². The first-order valence-electron chi connectivity index (χ1n) is 5.15. The van der Waals surface area contributed by atoms with Crippen LogP contribution in [0.2, 0.25) is 0 Å². The molecule has 0 bridgehead atoms. The van der Waals surface area contributed by atoms with Crippen molar-refractivity contribution in [2.75, 3.05) is 7.05 Å². The first-order valence-corrected chi connectivity index (χ1v) is 5.15. The lowest BCUT2D eigenvalue weighted by molar-refractivity contribution is -0.142. The van der Waals surface area contributed by atoms with E-state index in [0.29, 0.717) is 12.0 Å². The minimum absolute atomic E-state index is 0.215. The summed E-state index contributed by atoms with van der Waals surface area (Å²) in [5.41, 5.74) is 0. The lowest BCUT2D eigenvalue weighted by Crippen LogP contribution is -2.38. The molecule has 3 heteroatoms. The minimum Gasteiger partial charge on any atom is -0.480 e. The zero-order chi connectivity index (χ0) is 9.42. The lowest BCUT2D eigenvalue weighted by Gasteiger charge is -2.29. The Labute approximate surface area is 78.7 Å². The fraction of sp³-hybridized carbons (Fsp3) is 0.900. The number of nitrogens with zero attached hydrogens (tertiary/aromatic N) is 1. The van der Waals surface area contributed by atoms with Gasteiger partial charge in [-0.2, -0.15) is 0 Å². The largest absolute Gasteiger partial charge is 0.480 e. The summed E-state index contributed by atoms with van der Waals surface area (Å²) in [6.07, 6.45) is 5.87. The van der Waals surface area contributed by atoms with Crippen LogP contribution in [0.4, 0.5) is 0 Å². The number of carboxylic acid groups (broad SMARTS) is 1. The Balaban J connectivity index is 2.09. The number of fused-ring (bicyclic) bond motifs is 1. The van der Waals surface area contributed by atoms with Gasteiger partial charge in [-0.25, -0.2) is 0 Å². The van der Waals surface area contributed by atoms with Crippen molar-refractivity contribution in [1.29, 1.82) is 0 Å². The summed E-state index contributed by atoms with van der Waals surface area (Å²) in [6.45, 7) is 0. The molecule has 2 rings (SSSR count). The van der Waals surface area contributed by atoms with Crippen molar-refractivity contribution in [3.63, 3.8) is 0 Å². The van der Waals surface area contributed by atoms with E-state index < -0.39 is 5.97 Å². The van der Waals surface area contributed by atoms with Crippen molar-refractivity contribution in [3.05, 3.63) is 0 Å². The molecule has 2 aliphatic rings. The van der Waals surface area contributed by atoms with Gasteiger partial charge in [-0.3, -0.25) is 9.69 Å². The average Bonchev–Trinajstić information content (AvgIpc) is 2.45. The molecule has 3 nitrogen and oxygen atoms in total. The van der Waals surface area contributed by atoms with Gasteiger partial charge in [0.1, 0.15) is 6.04 Å². The maximum atomic E-state index is 10.9. The Morgan fingerprint density at radius 1 is 1.38 bits per heavy atom. The number of likely N-dealkylation sites (N-methyl/N-ethyl adjacent to an activating group) is 1. The number of carboxylic acids is 1. The van der Waals surface area contributed by atoms with Crippen LogP contribution >= 0.6 is 0 Å². The SMILES string of the molecule is CN1[C@@H](C(=O)O)C[C@@H]2CCCC[C@@H]21. The van der Waals surface area contributed by atoms with E-state index in [2.05, 4.69) is 4.90 Å². The number of likely N-dealkylation sites (tertiary alicyclic amines) is 1. The zero-order valence-electron chi connectivity index (χ0n) is 8.07. The number of carbonyl (C=O) groups is 1. The number of hydrogen-bond donors (Lipinski definition) is 1. The standard InChI is InChI=1S/C10H17NO2/c1-11-8-5-3-2-4-7(8)6-9(11)10(12)13/h7-9H,2-6H2,1H3,(H,12,13)/t7-,8-,9+/m0/s1. The van der Waals surface area contributed by atoms with E-state index in [1.165, 1.54) is 25.7 Å². The van der Waals surface area contributed by atoms with Gasteiger partial charge in [-0.15, -0.1) is 0 Å². The lowest BCUT2D eigenvalue weighted by atomic mass is 9.85. The van der Waals surface area contributed by atoms with Crippen molar-refractivity contribution < 1.29 is 9.90 Å². The van der Waals surface area contributed by atoms with E-state index in [9.17, 15) is 4.79 Å². The predicted molar refractivity (Wildman–Crippen MR) is 49.5 cm³/mol. The molecule has 1 saturated carbocycles. The summed E-state index contributed by atoms with van der Waals surface area (Å²) in [6, 6.07) is 0.336. The third-order valence-corrected chi connectivity index (χ3v) is 3.69. The van der Waals surface area contributed by atoms with Crippen LogP contribution in [-0.2, 0) is 4.79 Å². The number of hydrogen-bond acceptors (Lipinski definition) is 2. The summed E-state index contributed by atoms with van der Waals surface area (Å²) in [7, 11) is 1.97. The van der Waals surface area contributed by atoms with E-state index in [4.69, 9.17) is 5.11 Å². The van der Waals surface area contributed by atoms with Gasteiger partial charge >= 0.3 is 5.97 Å². The van der Waals surface area contributed by atoms with Gasteiger partial charge in [0.15, 0.2) is 0 Å². The van der Waals surface area contributed by atoms with E-state index in [0.717, 1.165) is 6.42 Å². The second kappa shape index (κ2) is 3.29. The summed E-state index contributed by atoms with van der Waals surface area (Å²) < 4.78 is 0. The monoisotopic (exact) mass is 183 g/mol. The summed E-state index contributed by atoms with van der Waals surface area (Å²) in [4.78, 5) is 13.0. The zero-order valence-corrected chi connectivity index (χ0v) is 8.07. The first kappa shape index (κ1) is 9.00. The molecule has 1 heterocycles. The molecule has 1 saturated heterocycles. The number of aliphatic carboxylic acids is 1. The topological polar surface area (TPSA) is 40.5 Å². The van der Waals surface area contributed by atoms with Crippen molar-refractivity contribution in [2.45, 2.75) is 44.2 Å². The van der Waals surface area contributed by atoms with Crippen LogP contribution in [0.15, 0.2) is 0 Å². The molecule has 1 aliphatic carbocycles. The van der Waals surface area contributed by atoms with Crippen molar-refractivity contribution >= 4 is 5.97 Å². The van der Waals surface area contributed by atoms with Crippen LogP contribution in [0.3, 0.4) is 0 Å². The molecule has 0 aromatic heterocycles. The smallest absolute Gasteiger partial charge is 0.320 e. The van der Waals surface area contributed by atoms with Crippen molar-refractivity contribution in [3.8, 4) is 0 Å². The molecular formula is C10H17NO2. The quantitative estimate of drug-likeness (QED) is 0.666. The highest BCUT2D eigenvalue weighted by Crippen LogP contribution is 2.38. The van der Waals surface area contributed by atoms with Crippen LogP contribution in [0.1, 0.15) is 32.1 Å². The molecule has 0 spiro atoms. The van der Waals surface area contributed by atoms with Crippen molar-refractivity contribution in [2.24, 2.45) is 5.92 Å². The highest BCUT2D eigenvalue weighted by Gasteiger charge is 2.42. The van der Waals surface area contributed by atoms with Crippen LogP contribution in [0.25, 0.3) is 0 Å². The molecule has 74 valence electrons. The van der Waals surface area contributed by atoms with Gasteiger partial charge in [0.05, 0.1) is 0 Å². The second-order valence-corrected chi connectivity index (χ2v) is 4.37. The van der Waals surface area contributed by atoms with Crippen molar-refractivity contribution in [1.82, 2.24) is 4.90 Å². The maximum Gasteiger partial charge on any atom is 0.320 e. The summed E-state index contributed by atoms with van der Waals surface area (Å²) in [5, 5.41) is 8.99. The second-order valence-electron chi connectivity index (χ2n) is 4.37. The van der Waals surface area contributed by atoms with Gasteiger partial charge in [0.25, 0.3) is 0 Å². The Morgan fingerprint density at radius 3 is 2.69 bits per heavy atom. The fourth-order valence-electron chi connectivity index (χ4n) is 2.96. The van der Waals surface area contributed by atoms with Crippen LogP contribution in [0, 0.1) is 5.92 Å². The van der Waals surface area contributed by atoms with E-state index in [1.54, 1.807) is 0 Å². The van der Waals surface area contributed by atoms with E-state index >= 15 is 0 Å². The minimum atomic E-state index is -0.642. The molecule has 0 amide bonds. The van der Waals surface area contributed by atoms with Gasteiger partial charge < -0.3 is 5.11 Å². The Kier molecular flexibility index (Phi) is 2.28. The Bertz CT molecular complexity index is 217.